The van der Waals surface area contributed by atoms with Gasteiger partial charge in [-0.1, -0.05) is 0 Å². The quantitative estimate of drug-likeness (QED) is 0.766. The molecule has 2 rings (SSSR count). The van der Waals surface area contributed by atoms with E-state index < -0.39 is 9.84 Å². The summed E-state index contributed by atoms with van der Waals surface area (Å²) in [6.45, 7) is 2.26. The lowest BCUT2D eigenvalue weighted by Crippen LogP contribution is -2.44. The topological polar surface area (TPSA) is 105 Å². The van der Waals surface area contributed by atoms with E-state index in [1.165, 1.54) is 11.3 Å². The molecule has 20 heavy (non-hydrogen) atoms. The minimum absolute atomic E-state index is 0.0369. The fourth-order valence-electron chi connectivity index (χ4n) is 1.72. The van der Waals surface area contributed by atoms with Crippen LogP contribution in [0.1, 0.15) is 10.7 Å². The van der Waals surface area contributed by atoms with Crippen molar-refractivity contribution in [1.29, 1.82) is 0 Å². The lowest BCUT2D eigenvalue weighted by molar-refractivity contribution is -0.130. The van der Waals surface area contributed by atoms with Gasteiger partial charge in [0.1, 0.15) is 0 Å². The zero-order valence-corrected chi connectivity index (χ0v) is 12.6. The van der Waals surface area contributed by atoms with Crippen molar-refractivity contribution in [3.8, 4) is 0 Å². The third-order valence-corrected chi connectivity index (χ3v) is 5.13. The van der Waals surface area contributed by atoms with E-state index >= 15 is 0 Å². The van der Waals surface area contributed by atoms with Crippen molar-refractivity contribution >= 4 is 33.6 Å². The van der Waals surface area contributed by atoms with Crippen LogP contribution < -0.4 is 0 Å². The highest BCUT2D eigenvalue weighted by atomic mass is 32.2. The van der Waals surface area contributed by atoms with Crippen LogP contribution in [0.2, 0.25) is 0 Å². The van der Waals surface area contributed by atoms with Crippen LogP contribution in [0.3, 0.4) is 0 Å². The molecule has 0 bridgehead atoms. The summed E-state index contributed by atoms with van der Waals surface area (Å²) in [6.07, 6.45) is 0.268. The normalized spacial score (nSPS) is 16.9. The highest BCUT2D eigenvalue weighted by Crippen LogP contribution is 2.11. The predicted molar refractivity (Wildman–Crippen MR) is 74.5 cm³/mol. The summed E-state index contributed by atoms with van der Waals surface area (Å²) in [6, 6.07) is 0. The second-order valence-electron chi connectivity index (χ2n) is 4.17. The Labute approximate surface area is 121 Å². The summed E-state index contributed by atoms with van der Waals surface area (Å²) >= 11 is 1.52. The summed E-state index contributed by atoms with van der Waals surface area (Å²) in [7, 11) is -2.93. The Hall–Kier alpha value is -1.48. The van der Waals surface area contributed by atoms with Gasteiger partial charge in [-0.05, 0) is 6.92 Å². The maximum atomic E-state index is 11.9. The molecule has 0 saturated carbocycles. The number of carbonyl (C=O) groups excluding carboxylic acids is 1. The van der Waals surface area contributed by atoms with Crippen LogP contribution in [-0.2, 0) is 25.8 Å². The van der Waals surface area contributed by atoms with Gasteiger partial charge in [-0.2, -0.15) is 0 Å². The van der Waals surface area contributed by atoms with Crippen LogP contribution in [0.4, 0.5) is 0 Å². The van der Waals surface area contributed by atoms with Gasteiger partial charge in [0.25, 0.3) is 6.47 Å². The summed E-state index contributed by atoms with van der Waals surface area (Å²) in [5.41, 5.74) is 0.769. The minimum Gasteiger partial charge on any atom is -0.483 e. The Morgan fingerprint density at radius 1 is 1.50 bits per heavy atom. The number of amides is 1. The molecule has 0 aliphatic carbocycles. The molecule has 9 heteroatoms. The van der Waals surface area contributed by atoms with E-state index in [9.17, 15) is 13.2 Å². The molecule has 0 radical (unpaired) electrons. The second kappa shape index (κ2) is 7.34. The number of sulfone groups is 1. The van der Waals surface area contributed by atoms with Crippen molar-refractivity contribution in [3.63, 3.8) is 0 Å². The molecule has 1 aliphatic rings. The molecule has 1 aromatic heterocycles. The van der Waals surface area contributed by atoms with Crippen molar-refractivity contribution < 1.29 is 23.1 Å². The Balaban J connectivity index is 0.000000612. The fraction of sp³-hybridized carbons (Fsp3) is 0.545. The summed E-state index contributed by atoms with van der Waals surface area (Å²) < 4.78 is 22.5. The molecule has 1 N–H and O–H groups in total. The SMILES string of the molecule is Cc1nc(CC(=O)N2CCS(=O)(=O)CC2)cs1.O=CO. The highest BCUT2D eigenvalue weighted by Gasteiger charge is 2.25. The molecule has 0 unspecified atom stereocenters. The van der Waals surface area contributed by atoms with Crippen molar-refractivity contribution in [3.05, 3.63) is 16.1 Å². The van der Waals surface area contributed by atoms with Crippen LogP contribution in [-0.4, -0.2) is 60.4 Å². The zero-order valence-electron chi connectivity index (χ0n) is 11.0. The molecule has 2 heterocycles. The summed E-state index contributed by atoms with van der Waals surface area (Å²) in [4.78, 5) is 26.1. The number of thiazole rings is 1. The number of aromatic nitrogens is 1. The Morgan fingerprint density at radius 3 is 2.50 bits per heavy atom. The van der Waals surface area contributed by atoms with E-state index in [0.717, 1.165) is 10.7 Å². The number of carboxylic acid groups (broad SMARTS) is 1. The lowest BCUT2D eigenvalue weighted by atomic mass is 10.3. The van der Waals surface area contributed by atoms with Gasteiger partial charge >= 0.3 is 0 Å². The maximum Gasteiger partial charge on any atom is 0.290 e. The van der Waals surface area contributed by atoms with Gasteiger partial charge in [0.05, 0.1) is 28.6 Å². The number of aryl methyl sites for hydroxylation is 1. The second-order valence-corrected chi connectivity index (χ2v) is 7.54. The monoisotopic (exact) mass is 320 g/mol. The number of nitrogens with zero attached hydrogens (tertiary/aromatic N) is 2. The van der Waals surface area contributed by atoms with Crippen LogP contribution in [0.25, 0.3) is 0 Å². The molecular weight excluding hydrogens is 304 g/mol. The van der Waals surface area contributed by atoms with Crippen LogP contribution >= 0.6 is 11.3 Å². The van der Waals surface area contributed by atoms with E-state index in [1.807, 2.05) is 12.3 Å². The third kappa shape index (κ3) is 5.25. The Morgan fingerprint density at radius 2 is 2.05 bits per heavy atom. The summed E-state index contributed by atoms with van der Waals surface area (Å²) in [5.74, 6) is 0.120. The molecule has 1 amide bonds. The number of rotatable bonds is 2. The van der Waals surface area contributed by atoms with Crippen molar-refractivity contribution in [2.75, 3.05) is 24.6 Å². The van der Waals surface area contributed by atoms with Gasteiger partial charge in [0, 0.05) is 18.5 Å². The molecule has 7 nitrogen and oxygen atoms in total. The first-order valence-electron chi connectivity index (χ1n) is 5.85. The molecule has 1 saturated heterocycles. The fourth-order valence-corrected chi connectivity index (χ4v) is 3.53. The molecule has 1 fully saturated rings. The van der Waals surface area contributed by atoms with E-state index in [0.29, 0.717) is 13.1 Å². The average molecular weight is 320 g/mol. The number of hydrogen-bond donors (Lipinski definition) is 1. The first-order chi connectivity index (χ1) is 9.38. The molecule has 1 aliphatic heterocycles. The zero-order chi connectivity index (χ0) is 15.2. The van der Waals surface area contributed by atoms with Gasteiger partial charge < -0.3 is 10.0 Å². The Bertz CT molecular complexity index is 553. The standard InChI is InChI=1S/C10H14N2O3S2.CH2O2/c1-8-11-9(7-16-8)6-10(13)12-2-4-17(14,15)5-3-12;2-1-3/h7H,2-6H2,1H3;1H,(H,2,3). The van der Waals surface area contributed by atoms with Gasteiger partial charge in [0.15, 0.2) is 9.84 Å². The van der Waals surface area contributed by atoms with Gasteiger partial charge in [-0.15, -0.1) is 11.3 Å². The molecule has 0 atom stereocenters. The van der Waals surface area contributed by atoms with Crippen LogP contribution in [0.15, 0.2) is 5.38 Å². The number of hydrogen-bond acceptors (Lipinski definition) is 6. The molecular formula is C11H16N2O5S2. The van der Waals surface area contributed by atoms with Gasteiger partial charge in [-0.3, -0.25) is 9.59 Å². The summed E-state index contributed by atoms with van der Waals surface area (Å²) in [5, 5.41) is 9.70. The van der Waals surface area contributed by atoms with E-state index in [-0.39, 0.29) is 30.3 Å². The number of carbonyl (C=O) groups is 2. The lowest BCUT2D eigenvalue weighted by Gasteiger charge is -2.26. The Kier molecular flexibility index (Phi) is 6.08. The van der Waals surface area contributed by atoms with Gasteiger partial charge in [-0.25, -0.2) is 13.4 Å². The molecule has 0 aromatic carbocycles. The van der Waals surface area contributed by atoms with Crippen LogP contribution in [0, 0.1) is 6.92 Å². The van der Waals surface area contributed by atoms with E-state index in [2.05, 4.69) is 4.98 Å². The average Bonchev–Trinajstić information content (AvgIpc) is 2.75. The minimum atomic E-state index is -2.93. The van der Waals surface area contributed by atoms with Crippen molar-refractivity contribution in [2.24, 2.45) is 0 Å². The smallest absolute Gasteiger partial charge is 0.290 e. The van der Waals surface area contributed by atoms with E-state index in [1.54, 1.807) is 4.90 Å². The molecule has 1 aromatic rings. The molecule has 0 spiro atoms. The van der Waals surface area contributed by atoms with Crippen LogP contribution in [0.5, 0.6) is 0 Å². The van der Waals surface area contributed by atoms with E-state index in [4.69, 9.17) is 9.90 Å². The maximum absolute atomic E-state index is 11.9. The van der Waals surface area contributed by atoms with Crippen molar-refractivity contribution in [2.45, 2.75) is 13.3 Å². The first kappa shape index (κ1) is 16.6. The largest absolute Gasteiger partial charge is 0.483 e. The molecule has 112 valence electrons. The van der Waals surface area contributed by atoms with Crippen molar-refractivity contribution in [1.82, 2.24) is 9.88 Å². The van der Waals surface area contributed by atoms with Gasteiger partial charge in [0.2, 0.25) is 5.91 Å². The predicted octanol–water partition coefficient (Wildman–Crippen LogP) is -0.0482. The third-order valence-electron chi connectivity index (χ3n) is 2.70. The highest BCUT2D eigenvalue weighted by molar-refractivity contribution is 7.91. The first-order valence-corrected chi connectivity index (χ1v) is 8.55.